The Morgan fingerprint density at radius 2 is 2.33 bits per heavy atom. The molecule has 110 valence electrons. The van der Waals surface area contributed by atoms with Gasteiger partial charge in [-0.15, -0.1) is 11.3 Å². The van der Waals surface area contributed by atoms with Crippen LogP contribution < -0.4 is 5.32 Å². The van der Waals surface area contributed by atoms with Crippen molar-refractivity contribution < 1.29 is 14.1 Å². The van der Waals surface area contributed by atoms with Gasteiger partial charge < -0.3 is 5.32 Å². The van der Waals surface area contributed by atoms with E-state index >= 15 is 0 Å². The summed E-state index contributed by atoms with van der Waals surface area (Å²) in [5, 5.41) is 16.1. The number of halogens is 1. The highest BCUT2D eigenvalue weighted by atomic mass is 32.1. The lowest BCUT2D eigenvalue weighted by atomic mass is 10.1. The van der Waals surface area contributed by atoms with Gasteiger partial charge in [-0.2, -0.15) is 0 Å². The topological polar surface area (TPSA) is 85.1 Å². The number of hydrogen-bond donors (Lipinski definition) is 1. The molecule has 2 aromatic rings. The highest BCUT2D eigenvalue weighted by Crippen LogP contribution is 2.20. The number of aromatic nitrogens is 1. The third kappa shape index (κ3) is 3.60. The van der Waals surface area contributed by atoms with Crippen LogP contribution in [-0.2, 0) is 0 Å². The molecule has 0 spiro atoms. The zero-order chi connectivity index (χ0) is 15.4. The van der Waals surface area contributed by atoms with Crippen molar-refractivity contribution in [2.75, 3.05) is 6.54 Å². The predicted octanol–water partition coefficient (Wildman–Crippen LogP) is 2.72. The molecule has 1 unspecified atom stereocenters. The van der Waals surface area contributed by atoms with Crippen molar-refractivity contribution in [2.24, 2.45) is 0 Å². The average molecular weight is 309 g/mol. The van der Waals surface area contributed by atoms with Gasteiger partial charge in [-0.05, 0) is 12.1 Å². The Bertz CT molecular complexity index is 661. The van der Waals surface area contributed by atoms with Crippen molar-refractivity contribution in [2.45, 2.75) is 12.8 Å². The summed E-state index contributed by atoms with van der Waals surface area (Å²) in [6.45, 7) is 2.14. The van der Waals surface area contributed by atoms with Crippen LogP contribution in [0, 0.1) is 15.9 Å². The average Bonchev–Trinajstić information content (AvgIpc) is 2.98. The molecule has 1 N–H and O–H groups in total. The van der Waals surface area contributed by atoms with Crippen molar-refractivity contribution in [1.29, 1.82) is 0 Å². The number of rotatable bonds is 5. The van der Waals surface area contributed by atoms with Crippen LogP contribution in [-0.4, -0.2) is 22.4 Å². The molecule has 0 aliphatic carbocycles. The van der Waals surface area contributed by atoms with Crippen molar-refractivity contribution >= 4 is 22.9 Å². The molecule has 0 saturated carbocycles. The third-order valence-corrected chi connectivity index (χ3v) is 3.85. The van der Waals surface area contributed by atoms with E-state index in [9.17, 15) is 19.3 Å². The van der Waals surface area contributed by atoms with E-state index < -0.39 is 22.3 Å². The number of benzene rings is 1. The first kappa shape index (κ1) is 15.0. The molecule has 0 saturated heterocycles. The first-order valence-electron chi connectivity index (χ1n) is 6.10. The summed E-state index contributed by atoms with van der Waals surface area (Å²) in [6, 6.07) is 2.79. The fraction of sp³-hybridized carbons (Fsp3) is 0.231. The molecule has 0 aliphatic rings. The van der Waals surface area contributed by atoms with Crippen LogP contribution in [0.15, 0.2) is 29.8 Å². The summed E-state index contributed by atoms with van der Waals surface area (Å²) in [6.07, 6.45) is 1.66. The van der Waals surface area contributed by atoms with Gasteiger partial charge in [0.25, 0.3) is 11.6 Å². The lowest BCUT2D eigenvalue weighted by Crippen LogP contribution is -2.28. The van der Waals surface area contributed by atoms with Gasteiger partial charge in [-0.3, -0.25) is 14.9 Å². The molecule has 1 aromatic heterocycles. The van der Waals surface area contributed by atoms with Crippen LogP contribution >= 0.6 is 11.3 Å². The predicted molar refractivity (Wildman–Crippen MR) is 75.9 cm³/mol. The number of nitro benzene ring substituents is 1. The first-order valence-corrected chi connectivity index (χ1v) is 6.98. The first-order chi connectivity index (χ1) is 9.99. The van der Waals surface area contributed by atoms with Gasteiger partial charge in [-0.25, -0.2) is 9.37 Å². The molecule has 1 aromatic carbocycles. The number of nitro groups is 1. The van der Waals surface area contributed by atoms with Gasteiger partial charge in [-0.1, -0.05) is 6.92 Å². The zero-order valence-electron chi connectivity index (χ0n) is 11.1. The summed E-state index contributed by atoms with van der Waals surface area (Å²) in [5.74, 6) is -1.40. The quantitative estimate of drug-likeness (QED) is 0.679. The minimum atomic E-state index is -0.710. The van der Waals surface area contributed by atoms with E-state index in [-0.39, 0.29) is 18.0 Å². The highest BCUT2D eigenvalue weighted by Gasteiger charge is 2.21. The molecule has 0 aliphatic heterocycles. The number of hydrogen-bond acceptors (Lipinski definition) is 5. The van der Waals surface area contributed by atoms with Crippen LogP contribution in [0.2, 0.25) is 0 Å². The number of carbonyl (C=O) groups is 1. The van der Waals surface area contributed by atoms with Crippen molar-refractivity contribution in [1.82, 2.24) is 10.3 Å². The van der Waals surface area contributed by atoms with E-state index in [2.05, 4.69) is 10.3 Å². The van der Waals surface area contributed by atoms with E-state index in [1.165, 1.54) is 11.3 Å². The summed E-state index contributed by atoms with van der Waals surface area (Å²) in [7, 11) is 0. The Balaban J connectivity index is 2.10. The SMILES string of the molecule is CC(CNC(=O)c1cc(F)ccc1[N+](=O)[O-])c1nccs1. The Morgan fingerprint density at radius 3 is 2.95 bits per heavy atom. The standard InChI is InChI=1S/C13H12FN3O3S/c1-8(13-15-4-5-21-13)7-16-12(18)10-6-9(14)2-3-11(10)17(19)20/h2-6,8H,7H2,1H3,(H,16,18). The molecule has 6 nitrogen and oxygen atoms in total. The van der Waals surface area contributed by atoms with Gasteiger partial charge in [0.15, 0.2) is 0 Å². The van der Waals surface area contributed by atoms with Gasteiger partial charge in [0.1, 0.15) is 11.4 Å². The molecule has 1 atom stereocenters. The summed E-state index contributed by atoms with van der Waals surface area (Å²) < 4.78 is 13.2. The van der Waals surface area contributed by atoms with Crippen molar-refractivity contribution in [3.63, 3.8) is 0 Å². The van der Waals surface area contributed by atoms with Crippen LogP contribution in [0.5, 0.6) is 0 Å². The number of amides is 1. The minimum absolute atomic E-state index is 0.0263. The second-order valence-corrected chi connectivity index (χ2v) is 5.33. The summed E-state index contributed by atoms with van der Waals surface area (Å²) in [5.41, 5.74) is -0.706. The van der Waals surface area contributed by atoms with E-state index in [0.29, 0.717) is 0 Å². The second-order valence-electron chi connectivity index (χ2n) is 4.40. The monoisotopic (exact) mass is 309 g/mol. The maximum absolute atomic E-state index is 13.2. The Kier molecular flexibility index (Phi) is 4.59. The van der Waals surface area contributed by atoms with E-state index in [0.717, 1.165) is 23.2 Å². The molecule has 2 rings (SSSR count). The van der Waals surface area contributed by atoms with Gasteiger partial charge in [0, 0.05) is 30.1 Å². The van der Waals surface area contributed by atoms with Gasteiger partial charge in [0.2, 0.25) is 0 Å². The lowest BCUT2D eigenvalue weighted by molar-refractivity contribution is -0.385. The van der Waals surface area contributed by atoms with E-state index in [4.69, 9.17) is 0 Å². The van der Waals surface area contributed by atoms with Crippen molar-refractivity contribution in [3.8, 4) is 0 Å². The highest BCUT2D eigenvalue weighted by molar-refractivity contribution is 7.09. The molecule has 8 heteroatoms. The summed E-state index contributed by atoms with van der Waals surface area (Å²) >= 11 is 1.46. The molecule has 0 radical (unpaired) electrons. The smallest absolute Gasteiger partial charge is 0.282 e. The number of nitrogens with one attached hydrogen (secondary N) is 1. The second kappa shape index (κ2) is 6.40. The Labute approximate surface area is 123 Å². The maximum atomic E-state index is 13.2. The molecule has 1 amide bonds. The zero-order valence-corrected chi connectivity index (χ0v) is 11.9. The van der Waals surface area contributed by atoms with E-state index in [1.54, 1.807) is 6.20 Å². The molecule has 21 heavy (non-hydrogen) atoms. The van der Waals surface area contributed by atoms with Crippen LogP contribution in [0.25, 0.3) is 0 Å². The molecule has 1 heterocycles. The van der Waals surface area contributed by atoms with Gasteiger partial charge in [0.05, 0.1) is 9.93 Å². The largest absolute Gasteiger partial charge is 0.351 e. The lowest BCUT2D eigenvalue weighted by Gasteiger charge is -2.10. The molecular weight excluding hydrogens is 297 g/mol. The normalized spacial score (nSPS) is 11.9. The van der Waals surface area contributed by atoms with Gasteiger partial charge >= 0.3 is 0 Å². The fourth-order valence-corrected chi connectivity index (χ4v) is 2.45. The van der Waals surface area contributed by atoms with Crippen LogP contribution in [0.3, 0.4) is 0 Å². The number of nitrogens with zero attached hydrogens (tertiary/aromatic N) is 2. The summed E-state index contributed by atoms with van der Waals surface area (Å²) in [4.78, 5) is 26.3. The number of carbonyl (C=O) groups excluding carboxylic acids is 1. The Hall–Kier alpha value is -2.35. The van der Waals surface area contributed by atoms with E-state index in [1.807, 2.05) is 12.3 Å². The van der Waals surface area contributed by atoms with Crippen molar-refractivity contribution in [3.05, 3.63) is 56.3 Å². The molecular formula is C13H12FN3O3S. The maximum Gasteiger partial charge on any atom is 0.282 e. The molecule has 0 bridgehead atoms. The third-order valence-electron chi connectivity index (χ3n) is 2.84. The van der Waals surface area contributed by atoms with Crippen LogP contribution in [0.1, 0.15) is 28.2 Å². The Morgan fingerprint density at radius 1 is 1.57 bits per heavy atom. The molecule has 0 fully saturated rings. The van der Waals surface area contributed by atoms with Crippen LogP contribution in [0.4, 0.5) is 10.1 Å². The minimum Gasteiger partial charge on any atom is -0.351 e. The number of thiazole rings is 1. The fourth-order valence-electron chi connectivity index (χ4n) is 1.76.